The Morgan fingerprint density at radius 3 is 2.89 bits per heavy atom. The predicted molar refractivity (Wildman–Crippen MR) is 66.8 cm³/mol. The molecule has 2 heterocycles. The van der Waals surface area contributed by atoms with Gasteiger partial charge in [0.25, 0.3) is 5.91 Å². The smallest absolute Gasteiger partial charge is 0.258 e. The van der Waals surface area contributed by atoms with Crippen LogP contribution >= 0.6 is 11.3 Å². The van der Waals surface area contributed by atoms with Gasteiger partial charge in [-0.15, -0.1) is 11.3 Å². The van der Waals surface area contributed by atoms with E-state index in [2.05, 4.69) is 9.97 Å². The lowest BCUT2D eigenvalue weighted by Crippen LogP contribution is -2.26. The first kappa shape index (κ1) is 12.6. The summed E-state index contributed by atoms with van der Waals surface area (Å²) in [5.74, 6) is -1.12. The number of pyridine rings is 1. The average Bonchev–Trinajstić information content (AvgIpc) is 2.74. The zero-order valence-corrected chi connectivity index (χ0v) is 10.9. The van der Waals surface area contributed by atoms with Crippen LogP contribution in [-0.4, -0.2) is 27.8 Å². The predicted octanol–water partition coefficient (Wildman–Crippen LogP) is 2.26. The molecule has 1 amide bonds. The van der Waals surface area contributed by atoms with Gasteiger partial charge in [-0.25, -0.2) is 9.97 Å². The number of nitrogens with zero attached hydrogens (tertiary/aromatic N) is 3. The van der Waals surface area contributed by atoms with Gasteiger partial charge in [-0.2, -0.15) is 4.39 Å². The molecule has 0 fully saturated rings. The van der Waals surface area contributed by atoms with Gasteiger partial charge in [0.15, 0.2) is 0 Å². The lowest BCUT2D eigenvalue weighted by molar-refractivity contribution is 0.0780. The quantitative estimate of drug-likeness (QED) is 0.800. The number of thiazole rings is 1. The van der Waals surface area contributed by atoms with E-state index < -0.39 is 5.95 Å². The molecule has 2 aromatic rings. The van der Waals surface area contributed by atoms with Crippen molar-refractivity contribution in [1.82, 2.24) is 14.9 Å². The highest BCUT2D eigenvalue weighted by molar-refractivity contribution is 7.11. The van der Waals surface area contributed by atoms with E-state index in [0.717, 1.165) is 9.88 Å². The van der Waals surface area contributed by atoms with Crippen LogP contribution in [0.5, 0.6) is 0 Å². The molecule has 6 heteroatoms. The van der Waals surface area contributed by atoms with Crippen LogP contribution < -0.4 is 0 Å². The molecule has 0 saturated carbocycles. The van der Waals surface area contributed by atoms with Gasteiger partial charge in [0.1, 0.15) is 0 Å². The van der Waals surface area contributed by atoms with Crippen LogP contribution in [0.4, 0.5) is 4.39 Å². The molecule has 0 unspecified atom stereocenters. The summed E-state index contributed by atoms with van der Waals surface area (Å²) in [5, 5.41) is 0.943. The van der Waals surface area contributed by atoms with E-state index >= 15 is 0 Å². The summed E-state index contributed by atoms with van der Waals surface area (Å²) in [4.78, 5) is 22.0. The maximum atomic E-state index is 13.4. The molecule has 0 aromatic carbocycles. The zero-order valence-electron chi connectivity index (χ0n) is 10.1. The van der Waals surface area contributed by atoms with Gasteiger partial charge >= 0.3 is 0 Å². The van der Waals surface area contributed by atoms with Crippen LogP contribution in [0.25, 0.3) is 0 Å². The lowest BCUT2D eigenvalue weighted by atomic mass is 10.2. The molecule has 0 bridgehead atoms. The molecule has 0 aliphatic rings. The third-order valence-electron chi connectivity index (χ3n) is 2.40. The maximum Gasteiger partial charge on any atom is 0.258 e. The fourth-order valence-electron chi connectivity index (χ4n) is 1.54. The van der Waals surface area contributed by atoms with Crippen molar-refractivity contribution in [1.29, 1.82) is 0 Å². The average molecular weight is 265 g/mol. The minimum atomic E-state index is -0.741. The van der Waals surface area contributed by atoms with E-state index in [4.69, 9.17) is 0 Å². The summed E-state index contributed by atoms with van der Waals surface area (Å²) in [6.07, 6.45) is 3.04. The van der Waals surface area contributed by atoms with E-state index in [0.29, 0.717) is 6.54 Å². The summed E-state index contributed by atoms with van der Waals surface area (Å²) in [5.41, 5.74) is -0.0127. The molecule has 0 atom stereocenters. The second kappa shape index (κ2) is 5.22. The van der Waals surface area contributed by atoms with Crippen molar-refractivity contribution in [2.45, 2.75) is 13.5 Å². The molecular formula is C12H12FN3OS. The van der Waals surface area contributed by atoms with E-state index in [1.165, 1.54) is 28.5 Å². The number of hydrogen-bond donors (Lipinski definition) is 0. The Balaban J connectivity index is 2.12. The van der Waals surface area contributed by atoms with Gasteiger partial charge in [-0.3, -0.25) is 4.79 Å². The number of aryl methyl sites for hydroxylation is 1. The fourth-order valence-corrected chi connectivity index (χ4v) is 2.38. The Morgan fingerprint density at radius 2 is 2.28 bits per heavy atom. The number of hydrogen-bond acceptors (Lipinski definition) is 4. The lowest BCUT2D eigenvalue weighted by Gasteiger charge is -2.15. The highest BCUT2D eigenvalue weighted by Gasteiger charge is 2.17. The van der Waals surface area contributed by atoms with E-state index in [1.807, 2.05) is 6.92 Å². The SMILES string of the molecule is Cc1ncc(CN(C)C(=O)c2cccnc2F)s1. The van der Waals surface area contributed by atoms with Crippen LogP contribution in [0.3, 0.4) is 0 Å². The Hall–Kier alpha value is -1.82. The summed E-state index contributed by atoms with van der Waals surface area (Å²) in [6, 6.07) is 2.97. The first-order valence-electron chi connectivity index (χ1n) is 5.35. The van der Waals surface area contributed by atoms with Gasteiger partial charge in [0.05, 0.1) is 17.1 Å². The number of carbonyl (C=O) groups is 1. The van der Waals surface area contributed by atoms with Crippen LogP contribution in [0.15, 0.2) is 24.5 Å². The summed E-state index contributed by atoms with van der Waals surface area (Å²) in [7, 11) is 1.63. The minimum Gasteiger partial charge on any atom is -0.336 e. The van der Waals surface area contributed by atoms with E-state index in [1.54, 1.807) is 19.3 Å². The minimum absolute atomic E-state index is 0.0127. The van der Waals surface area contributed by atoms with Crippen molar-refractivity contribution in [2.75, 3.05) is 7.05 Å². The first-order valence-corrected chi connectivity index (χ1v) is 6.17. The number of halogens is 1. The molecule has 94 valence electrons. The molecule has 0 aliphatic carbocycles. The molecule has 0 N–H and O–H groups in total. The van der Waals surface area contributed by atoms with Crippen molar-refractivity contribution in [3.63, 3.8) is 0 Å². The Bertz CT molecular complexity index is 570. The molecule has 18 heavy (non-hydrogen) atoms. The number of amides is 1. The molecule has 4 nitrogen and oxygen atoms in total. The highest BCUT2D eigenvalue weighted by atomic mass is 32.1. The van der Waals surface area contributed by atoms with Crippen LogP contribution in [-0.2, 0) is 6.54 Å². The van der Waals surface area contributed by atoms with Gasteiger partial charge in [-0.05, 0) is 19.1 Å². The Labute approximate surface area is 108 Å². The second-order valence-electron chi connectivity index (χ2n) is 3.85. The molecule has 0 radical (unpaired) electrons. The summed E-state index contributed by atoms with van der Waals surface area (Å²) < 4.78 is 13.4. The zero-order chi connectivity index (χ0) is 13.1. The number of rotatable bonds is 3. The molecule has 0 saturated heterocycles. The number of aromatic nitrogens is 2. The maximum absolute atomic E-state index is 13.4. The van der Waals surface area contributed by atoms with Crippen molar-refractivity contribution < 1.29 is 9.18 Å². The van der Waals surface area contributed by atoms with Gasteiger partial charge in [-0.1, -0.05) is 0 Å². The van der Waals surface area contributed by atoms with Gasteiger partial charge < -0.3 is 4.90 Å². The summed E-state index contributed by atoms with van der Waals surface area (Å²) in [6.45, 7) is 2.31. The molecule has 2 aromatic heterocycles. The summed E-state index contributed by atoms with van der Waals surface area (Å²) >= 11 is 1.52. The van der Waals surface area contributed by atoms with Gasteiger partial charge in [0, 0.05) is 24.3 Å². The third kappa shape index (κ3) is 2.70. The first-order chi connectivity index (χ1) is 8.58. The molecule has 0 spiro atoms. The van der Waals surface area contributed by atoms with Gasteiger partial charge in [0.2, 0.25) is 5.95 Å². The molecular weight excluding hydrogens is 253 g/mol. The molecule has 2 rings (SSSR count). The Morgan fingerprint density at radius 1 is 1.50 bits per heavy atom. The number of carbonyl (C=O) groups excluding carboxylic acids is 1. The van der Waals surface area contributed by atoms with E-state index in [9.17, 15) is 9.18 Å². The second-order valence-corrected chi connectivity index (χ2v) is 5.17. The largest absolute Gasteiger partial charge is 0.336 e. The normalized spacial score (nSPS) is 10.4. The topological polar surface area (TPSA) is 46.1 Å². The fraction of sp³-hybridized carbons (Fsp3) is 0.250. The third-order valence-corrected chi connectivity index (χ3v) is 3.30. The van der Waals surface area contributed by atoms with Crippen molar-refractivity contribution in [2.24, 2.45) is 0 Å². The van der Waals surface area contributed by atoms with Crippen molar-refractivity contribution in [3.8, 4) is 0 Å². The Kier molecular flexibility index (Phi) is 3.66. The monoisotopic (exact) mass is 265 g/mol. The van der Waals surface area contributed by atoms with Crippen LogP contribution in [0, 0.1) is 12.9 Å². The highest BCUT2D eigenvalue weighted by Crippen LogP contribution is 2.15. The van der Waals surface area contributed by atoms with E-state index in [-0.39, 0.29) is 11.5 Å². The van der Waals surface area contributed by atoms with Crippen molar-refractivity contribution >= 4 is 17.2 Å². The van der Waals surface area contributed by atoms with Crippen LogP contribution in [0.1, 0.15) is 20.2 Å². The van der Waals surface area contributed by atoms with Crippen molar-refractivity contribution in [3.05, 3.63) is 45.9 Å². The standard InChI is InChI=1S/C12H12FN3OS/c1-8-15-6-9(18-8)7-16(2)12(17)10-4-3-5-14-11(10)13/h3-6H,7H2,1-2H3. The molecule has 0 aliphatic heterocycles. The van der Waals surface area contributed by atoms with Crippen LogP contribution in [0.2, 0.25) is 0 Å².